The van der Waals surface area contributed by atoms with Crippen LogP contribution in [0.1, 0.15) is 36.8 Å². The van der Waals surface area contributed by atoms with Crippen molar-refractivity contribution in [2.75, 3.05) is 31.2 Å². The van der Waals surface area contributed by atoms with Gasteiger partial charge in [-0.05, 0) is 50.3 Å². The van der Waals surface area contributed by atoms with Crippen molar-refractivity contribution in [2.45, 2.75) is 50.4 Å². The lowest BCUT2D eigenvalue weighted by molar-refractivity contribution is -0.137. The number of hydrogen-bond acceptors (Lipinski definition) is 7. The quantitative estimate of drug-likeness (QED) is 0.390. The van der Waals surface area contributed by atoms with Crippen LogP contribution in [0.5, 0.6) is 0 Å². The minimum Gasteiger partial charge on any atom is -0.351 e. The van der Waals surface area contributed by atoms with Gasteiger partial charge in [0.25, 0.3) is 0 Å². The van der Waals surface area contributed by atoms with Crippen molar-refractivity contribution in [1.29, 1.82) is 0 Å². The molecule has 39 heavy (non-hydrogen) atoms. The zero-order chi connectivity index (χ0) is 27.8. The van der Waals surface area contributed by atoms with Gasteiger partial charge >= 0.3 is 6.18 Å². The highest BCUT2D eigenvalue weighted by atomic mass is 35.5. The number of imidazole rings is 1. The summed E-state index contributed by atoms with van der Waals surface area (Å²) in [5.41, 5.74) is 0.211. The van der Waals surface area contributed by atoms with E-state index in [9.17, 15) is 21.6 Å². The van der Waals surface area contributed by atoms with Crippen molar-refractivity contribution >= 4 is 27.6 Å². The molecule has 2 aliphatic rings. The Balaban J connectivity index is 1.37. The number of anilines is 1. The van der Waals surface area contributed by atoms with Crippen LogP contribution in [0.2, 0.25) is 5.02 Å². The summed E-state index contributed by atoms with van der Waals surface area (Å²) in [4.78, 5) is 12.3. The number of piperidine rings is 1. The van der Waals surface area contributed by atoms with Gasteiger partial charge in [-0.25, -0.2) is 27.7 Å². The monoisotopic (exact) mass is 583 g/mol. The first-order valence-electron chi connectivity index (χ1n) is 12.7. The Hall–Kier alpha value is -2.74. The maximum Gasteiger partial charge on any atom is 0.420 e. The highest BCUT2D eigenvalue weighted by Crippen LogP contribution is 2.36. The number of aromatic nitrogens is 4. The molecule has 0 spiro atoms. The summed E-state index contributed by atoms with van der Waals surface area (Å²) in [6.45, 7) is 1.41. The fraction of sp³-hybridized carbons (Fsp3) is 0.480. The summed E-state index contributed by atoms with van der Waals surface area (Å²) in [6.07, 6.45) is 4.16. The molecule has 0 unspecified atom stereocenters. The Morgan fingerprint density at radius 3 is 2.51 bits per heavy atom. The normalized spacial score (nSPS) is 17.5. The van der Waals surface area contributed by atoms with Crippen molar-refractivity contribution in [3.63, 3.8) is 0 Å². The number of sulfonamides is 1. The average molecular weight is 584 g/mol. The minimum absolute atomic E-state index is 0.0218. The van der Waals surface area contributed by atoms with E-state index in [0.717, 1.165) is 31.0 Å². The molecule has 5 rings (SSSR count). The van der Waals surface area contributed by atoms with Crippen LogP contribution in [0.4, 0.5) is 19.1 Å². The Labute approximate surface area is 229 Å². The second-order valence-electron chi connectivity index (χ2n) is 9.93. The predicted octanol–water partition coefficient (Wildman–Crippen LogP) is 4.13. The van der Waals surface area contributed by atoms with Crippen LogP contribution in [-0.2, 0) is 22.6 Å². The second-order valence-corrected chi connectivity index (χ2v) is 12.3. The summed E-state index contributed by atoms with van der Waals surface area (Å²) >= 11 is 6.67. The van der Waals surface area contributed by atoms with Crippen LogP contribution in [0.25, 0.3) is 17.1 Å². The highest BCUT2D eigenvalue weighted by molar-refractivity contribution is 7.88. The van der Waals surface area contributed by atoms with Crippen molar-refractivity contribution in [2.24, 2.45) is 0 Å². The van der Waals surface area contributed by atoms with Gasteiger partial charge in [0, 0.05) is 37.6 Å². The van der Waals surface area contributed by atoms with Gasteiger partial charge in [0.15, 0.2) is 0 Å². The molecular formula is C25H29ClF3N7O2S. The van der Waals surface area contributed by atoms with Gasteiger partial charge in [-0.2, -0.15) is 13.2 Å². The van der Waals surface area contributed by atoms with Gasteiger partial charge in [-0.3, -0.25) is 0 Å². The zero-order valence-corrected chi connectivity index (χ0v) is 22.8. The molecule has 9 nitrogen and oxygen atoms in total. The summed E-state index contributed by atoms with van der Waals surface area (Å²) in [5, 5.41) is 7.02. The number of benzene rings is 1. The van der Waals surface area contributed by atoms with Crippen LogP contribution in [0.3, 0.4) is 0 Å². The standard InChI is InChI=1S/C25H29ClF3N7O2S/c1-39(37,38)36-11-8-18(9-12-36)33-24-31-13-19(25(27,28)29)23(34-24)20-14-35(15-32-20)21-4-2-3-16(22(21)26)7-10-30-17-5-6-17/h2-4,13-15,17-18,30H,5-12H2,1H3,(H,31,33,34). The van der Waals surface area contributed by atoms with Crippen molar-refractivity contribution in [3.05, 3.63) is 53.1 Å². The lowest BCUT2D eigenvalue weighted by atomic mass is 10.1. The first-order chi connectivity index (χ1) is 18.5. The third kappa shape index (κ3) is 6.71. The largest absolute Gasteiger partial charge is 0.420 e. The molecule has 0 amide bonds. The fourth-order valence-electron chi connectivity index (χ4n) is 4.60. The maximum absolute atomic E-state index is 13.9. The van der Waals surface area contributed by atoms with Gasteiger partial charge in [0.05, 0.1) is 17.0 Å². The Kier molecular flexibility index (Phi) is 7.86. The third-order valence-corrected chi connectivity index (χ3v) is 8.66. The summed E-state index contributed by atoms with van der Waals surface area (Å²) in [7, 11) is -3.29. The lowest BCUT2D eigenvalue weighted by Gasteiger charge is -2.30. The zero-order valence-electron chi connectivity index (χ0n) is 21.2. The van der Waals surface area contributed by atoms with Crippen molar-refractivity contribution in [3.8, 4) is 17.1 Å². The SMILES string of the molecule is CS(=O)(=O)N1CCC(Nc2ncc(C(F)(F)F)c(-c3cn(-c4cccc(CCNC5CC5)c4Cl)cn3)n2)CC1. The molecule has 14 heteroatoms. The van der Waals surface area contributed by atoms with Gasteiger partial charge in [-0.15, -0.1) is 0 Å². The van der Waals surface area contributed by atoms with E-state index in [0.29, 0.717) is 42.7 Å². The molecule has 3 aromatic rings. The van der Waals surface area contributed by atoms with Gasteiger partial charge in [-0.1, -0.05) is 23.7 Å². The number of hydrogen-bond donors (Lipinski definition) is 2. The number of nitrogens with one attached hydrogen (secondary N) is 2. The van der Waals surface area contributed by atoms with E-state index < -0.39 is 21.8 Å². The number of nitrogens with zero attached hydrogens (tertiary/aromatic N) is 5. The minimum atomic E-state index is -4.69. The molecule has 2 N–H and O–H groups in total. The molecule has 3 heterocycles. The third-order valence-electron chi connectivity index (χ3n) is 6.92. The van der Waals surface area contributed by atoms with E-state index >= 15 is 0 Å². The molecular weight excluding hydrogens is 555 g/mol. The van der Waals surface area contributed by atoms with Gasteiger partial charge < -0.3 is 15.2 Å². The lowest BCUT2D eigenvalue weighted by Crippen LogP contribution is -2.42. The molecule has 210 valence electrons. The van der Waals surface area contributed by atoms with E-state index in [1.54, 1.807) is 10.6 Å². The molecule has 1 saturated carbocycles. The van der Waals surface area contributed by atoms with Crippen molar-refractivity contribution < 1.29 is 21.6 Å². The Morgan fingerprint density at radius 1 is 1.10 bits per heavy atom. The van der Waals surface area contributed by atoms with E-state index in [1.165, 1.54) is 29.7 Å². The number of rotatable bonds is 9. The molecule has 0 bridgehead atoms. The van der Waals surface area contributed by atoms with E-state index in [4.69, 9.17) is 11.6 Å². The summed E-state index contributed by atoms with van der Waals surface area (Å²) in [5.74, 6) is 0.0218. The molecule has 1 aromatic carbocycles. The average Bonchev–Trinajstić information content (AvgIpc) is 3.57. The molecule has 1 aliphatic carbocycles. The Morgan fingerprint density at radius 2 is 1.85 bits per heavy atom. The summed E-state index contributed by atoms with van der Waals surface area (Å²) in [6, 6.07) is 5.98. The first kappa shape index (κ1) is 27.8. The van der Waals surface area contributed by atoms with Crippen LogP contribution in [0, 0.1) is 0 Å². The second kappa shape index (κ2) is 11.0. The van der Waals surface area contributed by atoms with Crippen molar-refractivity contribution in [1.82, 2.24) is 29.1 Å². The highest BCUT2D eigenvalue weighted by Gasteiger charge is 2.36. The molecule has 0 radical (unpaired) electrons. The van der Waals surface area contributed by atoms with E-state index in [1.807, 2.05) is 12.1 Å². The summed E-state index contributed by atoms with van der Waals surface area (Å²) < 4.78 is 68.1. The predicted molar refractivity (Wildman–Crippen MR) is 142 cm³/mol. The molecule has 0 atom stereocenters. The molecule has 1 saturated heterocycles. The first-order valence-corrected chi connectivity index (χ1v) is 14.9. The topological polar surface area (TPSA) is 105 Å². The van der Waals surface area contributed by atoms with E-state index in [2.05, 4.69) is 25.6 Å². The maximum atomic E-state index is 13.9. The number of alkyl halides is 3. The smallest absolute Gasteiger partial charge is 0.351 e. The molecule has 2 aromatic heterocycles. The van der Waals surface area contributed by atoms with Gasteiger partial charge in [0.2, 0.25) is 16.0 Å². The van der Waals surface area contributed by atoms with Gasteiger partial charge in [0.1, 0.15) is 23.3 Å². The molecule has 1 aliphatic heterocycles. The fourth-order valence-corrected chi connectivity index (χ4v) is 5.79. The van der Waals surface area contributed by atoms with Crippen LogP contribution in [-0.4, -0.2) is 70.2 Å². The number of halogens is 4. The van der Waals surface area contributed by atoms with Crippen LogP contribution in [0.15, 0.2) is 36.9 Å². The van der Waals surface area contributed by atoms with E-state index in [-0.39, 0.29) is 23.4 Å². The van der Waals surface area contributed by atoms with Crippen LogP contribution < -0.4 is 10.6 Å². The molecule has 2 fully saturated rings. The Bertz CT molecular complexity index is 1440. The van der Waals surface area contributed by atoms with Crippen LogP contribution >= 0.6 is 11.6 Å².